The lowest BCUT2D eigenvalue weighted by atomic mass is 9.84. The molecule has 4 nitrogen and oxygen atoms in total. The number of halogens is 2. The minimum Gasteiger partial charge on any atom is -0.347 e. The van der Waals surface area contributed by atoms with Crippen LogP contribution in [-0.4, -0.2) is 41.5 Å². The maximum atomic E-state index is 12.5. The summed E-state index contributed by atoms with van der Waals surface area (Å²) in [6.45, 7) is 3.40. The van der Waals surface area contributed by atoms with Crippen LogP contribution in [0, 0.1) is 5.92 Å². The smallest absolute Gasteiger partial charge is 0.261 e. The number of hydrogen-bond acceptors (Lipinski definition) is 4. The molecule has 24 heavy (non-hydrogen) atoms. The van der Waals surface area contributed by atoms with Crippen LogP contribution in [-0.2, 0) is 0 Å². The number of pyridine rings is 1. The molecule has 7 heteroatoms. The van der Waals surface area contributed by atoms with E-state index in [9.17, 15) is 4.79 Å². The second-order valence-electron chi connectivity index (χ2n) is 6.12. The Hall–Kier alpha value is -1.14. The van der Waals surface area contributed by atoms with E-state index in [-0.39, 0.29) is 30.7 Å². The summed E-state index contributed by atoms with van der Waals surface area (Å²) < 4.78 is 0. The number of aromatic nitrogens is 1. The Morgan fingerprint density at radius 3 is 2.62 bits per heavy atom. The highest BCUT2D eigenvalue weighted by molar-refractivity contribution is 7.17. The molecule has 1 unspecified atom stereocenters. The van der Waals surface area contributed by atoms with Crippen LogP contribution < -0.4 is 5.32 Å². The first-order chi connectivity index (χ1) is 10.8. The summed E-state index contributed by atoms with van der Waals surface area (Å²) in [5.41, 5.74) is 1.06. The molecule has 5 heterocycles. The number of nitrogens with zero attached hydrogens (tertiary/aromatic N) is 2. The van der Waals surface area contributed by atoms with E-state index in [1.165, 1.54) is 37.3 Å². The van der Waals surface area contributed by atoms with Gasteiger partial charge < -0.3 is 10.2 Å². The second kappa shape index (κ2) is 8.30. The third-order valence-electron chi connectivity index (χ3n) is 4.75. The summed E-state index contributed by atoms with van der Waals surface area (Å²) in [5.74, 6) is 0.727. The Morgan fingerprint density at radius 1 is 1.21 bits per heavy atom. The first kappa shape index (κ1) is 19.2. The number of amides is 1. The van der Waals surface area contributed by atoms with Gasteiger partial charge in [-0.2, -0.15) is 0 Å². The monoisotopic (exact) mass is 385 g/mol. The zero-order valence-electron chi connectivity index (χ0n) is 13.2. The van der Waals surface area contributed by atoms with Crippen LogP contribution in [0.1, 0.15) is 22.5 Å². The molecule has 3 aliphatic heterocycles. The van der Waals surface area contributed by atoms with E-state index in [1.54, 1.807) is 6.20 Å². The van der Waals surface area contributed by atoms with Gasteiger partial charge in [-0.05, 0) is 50.0 Å². The normalized spacial score (nSPS) is 24.6. The highest BCUT2D eigenvalue weighted by Crippen LogP contribution is 2.30. The molecule has 1 N–H and O–H groups in total. The van der Waals surface area contributed by atoms with Gasteiger partial charge in [-0.25, -0.2) is 0 Å². The molecule has 2 aromatic heterocycles. The summed E-state index contributed by atoms with van der Waals surface area (Å²) in [4.78, 5) is 21.0. The fourth-order valence-electron chi connectivity index (χ4n) is 3.49. The standard InChI is InChI=1S/C17H19N3OS.2ClH/c21-17(19-14-11-20-8-5-12(14)6-9-20)16-4-3-15(22-16)13-2-1-7-18-10-13;;/h1-4,7,10,12,14H,5-6,8-9,11H2,(H,19,21);2*1H. The molecule has 0 spiro atoms. The molecule has 3 aliphatic rings. The number of carbonyl (C=O) groups excluding carboxylic acids is 1. The number of piperidine rings is 3. The van der Waals surface area contributed by atoms with Crippen molar-refractivity contribution >= 4 is 42.1 Å². The van der Waals surface area contributed by atoms with E-state index < -0.39 is 0 Å². The van der Waals surface area contributed by atoms with E-state index in [4.69, 9.17) is 0 Å². The Balaban J connectivity index is 0.00000104. The molecule has 1 amide bonds. The highest BCUT2D eigenvalue weighted by Gasteiger charge is 2.35. The minimum absolute atomic E-state index is 0. The summed E-state index contributed by atoms with van der Waals surface area (Å²) in [6.07, 6.45) is 6.03. The number of fused-ring (bicyclic) bond motifs is 3. The average Bonchev–Trinajstić information content (AvgIpc) is 3.07. The lowest BCUT2D eigenvalue weighted by molar-refractivity contribution is 0.0622. The Morgan fingerprint density at radius 2 is 2.00 bits per heavy atom. The van der Waals surface area contributed by atoms with Gasteiger partial charge in [-0.1, -0.05) is 6.07 Å². The zero-order valence-corrected chi connectivity index (χ0v) is 15.6. The number of carbonyl (C=O) groups is 1. The van der Waals surface area contributed by atoms with Crippen LogP contribution in [0.25, 0.3) is 10.4 Å². The molecule has 3 fully saturated rings. The zero-order chi connectivity index (χ0) is 14.9. The molecule has 0 aromatic carbocycles. The third-order valence-corrected chi connectivity index (χ3v) is 5.88. The van der Waals surface area contributed by atoms with Gasteiger partial charge in [0.05, 0.1) is 4.88 Å². The van der Waals surface area contributed by atoms with E-state index >= 15 is 0 Å². The van der Waals surface area contributed by atoms with Gasteiger partial charge in [-0.3, -0.25) is 9.78 Å². The topological polar surface area (TPSA) is 45.2 Å². The fourth-order valence-corrected chi connectivity index (χ4v) is 4.39. The van der Waals surface area contributed by atoms with Crippen molar-refractivity contribution < 1.29 is 4.79 Å². The maximum absolute atomic E-state index is 12.5. The maximum Gasteiger partial charge on any atom is 0.261 e. The first-order valence-corrected chi connectivity index (χ1v) is 8.65. The molecule has 2 bridgehead atoms. The van der Waals surface area contributed by atoms with Crippen LogP contribution >= 0.6 is 36.2 Å². The minimum atomic E-state index is 0. The summed E-state index contributed by atoms with van der Waals surface area (Å²) >= 11 is 1.54. The fraction of sp³-hybridized carbons (Fsp3) is 0.412. The lowest BCUT2D eigenvalue weighted by Gasteiger charge is -2.44. The Labute approximate surface area is 158 Å². The van der Waals surface area contributed by atoms with Gasteiger partial charge >= 0.3 is 0 Å². The van der Waals surface area contributed by atoms with E-state index in [0.29, 0.717) is 12.0 Å². The molecule has 3 saturated heterocycles. The first-order valence-electron chi connectivity index (χ1n) is 7.83. The van der Waals surface area contributed by atoms with Crippen molar-refractivity contribution in [2.45, 2.75) is 18.9 Å². The molecule has 0 radical (unpaired) electrons. The number of thiophene rings is 1. The van der Waals surface area contributed by atoms with Gasteiger partial charge in [0, 0.05) is 35.4 Å². The lowest BCUT2D eigenvalue weighted by Crippen LogP contribution is -2.57. The SMILES string of the molecule is Cl.Cl.O=C(NC1CN2CCC1CC2)c1ccc(-c2cccnc2)s1. The van der Waals surface area contributed by atoms with Gasteiger partial charge in [0.1, 0.15) is 0 Å². The van der Waals surface area contributed by atoms with E-state index in [2.05, 4.69) is 15.2 Å². The molecular weight excluding hydrogens is 365 g/mol. The van der Waals surface area contributed by atoms with Crippen molar-refractivity contribution in [3.8, 4) is 10.4 Å². The molecule has 130 valence electrons. The van der Waals surface area contributed by atoms with Gasteiger partial charge in [0.25, 0.3) is 5.91 Å². The summed E-state index contributed by atoms with van der Waals surface area (Å²) in [6, 6.07) is 8.19. The molecule has 5 rings (SSSR count). The average molecular weight is 386 g/mol. The van der Waals surface area contributed by atoms with E-state index in [1.807, 2.05) is 30.5 Å². The Bertz CT molecular complexity index is 671. The van der Waals surface area contributed by atoms with Crippen molar-refractivity contribution in [2.75, 3.05) is 19.6 Å². The molecule has 0 saturated carbocycles. The van der Waals surface area contributed by atoms with Crippen LogP contribution in [0.3, 0.4) is 0 Å². The van der Waals surface area contributed by atoms with Crippen LogP contribution in [0.4, 0.5) is 0 Å². The van der Waals surface area contributed by atoms with Crippen molar-refractivity contribution in [2.24, 2.45) is 5.92 Å². The summed E-state index contributed by atoms with van der Waals surface area (Å²) in [7, 11) is 0. The van der Waals surface area contributed by atoms with Crippen molar-refractivity contribution in [1.29, 1.82) is 0 Å². The Kier molecular flexibility index (Phi) is 6.63. The molecule has 2 aromatic rings. The number of rotatable bonds is 3. The van der Waals surface area contributed by atoms with E-state index in [0.717, 1.165) is 21.9 Å². The van der Waals surface area contributed by atoms with Crippen molar-refractivity contribution in [1.82, 2.24) is 15.2 Å². The van der Waals surface area contributed by atoms with Crippen molar-refractivity contribution in [3.05, 3.63) is 41.5 Å². The van der Waals surface area contributed by atoms with Gasteiger partial charge in [0.2, 0.25) is 0 Å². The molecule has 0 aliphatic carbocycles. The van der Waals surface area contributed by atoms with Crippen LogP contribution in [0.2, 0.25) is 0 Å². The predicted octanol–water partition coefficient (Wildman–Crippen LogP) is 3.48. The third kappa shape index (κ3) is 3.91. The quantitative estimate of drug-likeness (QED) is 0.879. The molecular formula is C17H21Cl2N3OS. The highest BCUT2D eigenvalue weighted by atomic mass is 35.5. The van der Waals surface area contributed by atoms with Gasteiger partial charge in [-0.15, -0.1) is 36.2 Å². The molecule has 1 atom stereocenters. The van der Waals surface area contributed by atoms with Crippen LogP contribution in [0.15, 0.2) is 36.7 Å². The summed E-state index contributed by atoms with van der Waals surface area (Å²) in [5, 5.41) is 3.25. The number of hydrogen-bond donors (Lipinski definition) is 1. The number of nitrogens with one attached hydrogen (secondary N) is 1. The van der Waals surface area contributed by atoms with Crippen molar-refractivity contribution in [3.63, 3.8) is 0 Å². The second-order valence-corrected chi connectivity index (χ2v) is 7.21. The van der Waals surface area contributed by atoms with Crippen LogP contribution in [0.5, 0.6) is 0 Å². The van der Waals surface area contributed by atoms with Gasteiger partial charge in [0.15, 0.2) is 0 Å². The largest absolute Gasteiger partial charge is 0.347 e. The predicted molar refractivity (Wildman–Crippen MR) is 102 cm³/mol.